The van der Waals surface area contributed by atoms with Gasteiger partial charge >= 0.3 is 5.97 Å². The van der Waals surface area contributed by atoms with Crippen molar-refractivity contribution in [3.8, 4) is 66.8 Å². The van der Waals surface area contributed by atoms with Crippen LogP contribution in [-0.4, -0.2) is 5.97 Å². The van der Waals surface area contributed by atoms with Gasteiger partial charge in [-0.25, -0.2) is 4.79 Å². The lowest BCUT2D eigenvalue weighted by molar-refractivity contribution is -0.140. The summed E-state index contributed by atoms with van der Waals surface area (Å²) in [7, 11) is 0. The molecule has 0 amide bonds. The fraction of sp³-hybridized carbons (Fsp3) is 0.0755. The predicted octanol–water partition coefficient (Wildman–Crippen LogP) is 13.9. The molecule has 7 rings (SSSR count). The molecule has 0 fully saturated rings. The van der Waals surface area contributed by atoms with Gasteiger partial charge in [-0.2, -0.15) is 0 Å². The Morgan fingerprint density at radius 2 is 0.714 bits per heavy atom. The van der Waals surface area contributed by atoms with Crippen molar-refractivity contribution in [3.05, 3.63) is 218 Å². The summed E-state index contributed by atoms with van der Waals surface area (Å²) in [5.41, 5.74) is 16.7. The quantitative estimate of drug-likeness (QED) is 0.0513. The van der Waals surface area contributed by atoms with Gasteiger partial charge in [0.25, 0.3) is 0 Å². The van der Waals surface area contributed by atoms with Crippen LogP contribution in [-0.2, 0) is 27.5 Å². The molecule has 7 aromatic rings. The third-order valence-electron chi connectivity index (χ3n) is 9.78. The summed E-state index contributed by atoms with van der Waals surface area (Å²) < 4.78 is 11.3. The number of carbonyl (C=O) groups is 1. The maximum atomic E-state index is 12.1. The van der Waals surface area contributed by atoms with Crippen LogP contribution in [0.2, 0.25) is 0 Å². The average molecular weight is 729 g/mol. The highest BCUT2D eigenvalue weighted by Crippen LogP contribution is 2.37. The summed E-state index contributed by atoms with van der Waals surface area (Å²) in [5.74, 6) is 0.209. The molecule has 0 aromatic heterocycles. The van der Waals surface area contributed by atoms with Gasteiger partial charge < -0.3 is 9.47 Å². The third kappa shape index (κ3) is 9.03. The molecule has 7 aromatic carbocycles. The molecule has 56 heavy (non-hydrogen) atoms. The van der Waals surface area contributed by atoms with Gasteiger partial charge in [-0.1, -0.05) is 147 Å². The van der Waals surface area contributed by atoms with Crippen molar-refractivity contribution < 1.29 is 14.3 Å². The number of benzene rings is 7. The minimum atomic E-state index is -0.391. The SMILES string of the molecule is C=C(C)C(=C)OCc1cccc(-c2cccc(-c3cc(-c4ccc(-c5ccccc5)cc4)cc(-c4cccc(-c5cccc(COC(=O)C(=C)C)c5)c4)c3)c2)c1. The van der Waals surface area contributed by atoms with Crippen LogP contribution in [0, 0.1) is 0 Å². The Morgan fingerprint density at radius 3 is 1.18 bits per heavy atom. The van der Waals surface area contributed by atoms with Crippen LogP contribution in [0.15, 0.2) is 207 Å². The Balaban J connectivity index is 1.26. The van der Waals surface area contributed by atoms with Crippen LogP contribution in [0.1, 0.15) is 25.0 Å². The molecule has 3 nitrogen and oxygen atoms in total. The predicted molar refractivity (Wildman–Crippen MR) is 232 cm³/mol. The minimum absolute atomic E-state index is 0.190. The fourth-order valence-corrected chi connectivity index (χ4v) is 6.62. The summed E-state index contributed by atoms with van der Waals surface area (Å²) in [5, 5.41) is 0. The first-order valence-electron chi connectivity index (χ1n) is 18.7. The molecule has 0 N–H and O–H groups in total. The minimum Gasteiger partial charge on any atom is -0.489 e. The Hall–Kier alpha value is -6.97. The van der Waals surface area contributed by atoms with E-state index in [1.165, 1.54) is 11.1 Å². The normalized spacial score (nSPS) is 10.8. The zero-order valence-electron chi connectivity index (χ0n) is 31.9. The molecule has 0 saturated heterocycles. The number of esters is 1. The van der Waals surface area contributed by atoms with E-state index in [2.05, 4.69) is 171 Å². The molecule has 0 bridgehead atoms. The zero-order chi connectivity index (χ0) is 39.0. The van der Waals surface area contributed by atoms with Crippen LogP contribution in [0.4, 0.5) is 0 Å². The van der Waals surface area contributed by atoms with Gasteiger partial charge in [-0.3, -0.25) is 0 Å². The van der Waals surface area contributed by atoms with Gasteiger partial charge in [-0.15, -0.1) is 0 Å². The Labute approximate surface area is 330 Å². The van der Waals surface area contributed by atoms with Crippen molar-refractivity contribution in [2.45, 2.75) is 27.1 Å². The van der Waals surface area contributed by atoms with Gasteiger partial charge in [0, 0.05) is 5.57 Å². The second-order valence-electron chi connectivity index (χ2n) is 14.2. The Kier molecular flexibility index (Phi) is 11.3. The lowest BCUT2D eigenvalue weighted by atomic mass is 9.90. The first-order valence-corrected chi connectivity index (χ1v) is 18.7. The third-order valence-corrected chi connectivity index (χ3v) is 9.78. The number of hydrogen-bond donors (Lipinski definition) is 0. The van der Waals surface area contributed by atoms with Crippen molar-refractivity contribution in [3.63, 3.8) is 0 Å². The smallest absolute Gasteiger partial charge is 0.333 e. The van der Waals surface area contributed by atoms with Crippen molar-refractivity contribution in [1.82, 2.24) is 0 Å². The fourth-order valence-electron chi connectivity index (χ4n) is 6.62. The van der Waals surface area contributed by atoms with Crippen LogP contribution in [0.5, 0.6) is 0 Å². The average Bonchev–Trinajstić information content (AvgIpc) is 3.25. The summed E-state index contributed by atoms with van der Waals surface area (Å²) in [6.45, 7) is 15.8. The maximum absolute atomic E-state index is 12.1. The second kappa shape index (κ2) is 17.0. The summed E-state index contributed by atoms with van der Waals surface area (Å²) in [6.07, 6.45) is 0. The molecule has 3 heteroatoms. The first kappa shape index (κ1) is 37.3. The number of carbonyl (C=O) groups excluding carboxylic acids is 1. The van der Waals surface area contributed by atoms with E-state index in [1.54, 1.807) is 6.92 Å². The molecule has 0 aliphatic rings. The zero-order valence-corrected chi connectivity index (χ0v) is 31.9. The van der Waals surface area contributed by atoms with Crippen molar-refractivity contribution in [2.75, 3.05) is 0 Å². The number of allylic oxidation sites excluding steroid dienone is 1. The van der Waals surface area contributed by atoms with Crippen LogP contribution in [0.25, 0.3) is 66.8 Å². The molecular formula is C53H44O3. The van der Waals surface area contributed by atoms with E-state index in [0.717, 1.165) is 72.3 Å². The molecule has 0 aliphatic carbocycles. The standard InChI is InChI=1S/C53H44O3/c1-36(2)38(5)55-34-39-13-9-17-44(27-39)46-19-11-21-48(29-46)51-31-50(43-25-23-42(24-26-43)41-15-7-6-8-16-41)32-52(33-51)49-22-12-20-47(30-49)45-18-10-14-40(28-45)35-56-53(54)37(3)4/h6-33H,1,3,5,34-35H2,2,4H3. The lowest BCUT2D eigenvalue weighted by Crippen LogP contribution is -2.04. The first-order chi connectivity index (χ1) is 27.2. The Bertz CT molecular complexity index is 2420. The highest BCUT2D eigenvalue weighted by Gasteiger charge is 2.12. The van der Waals surface area contributed by atoms with E-state index in [9.17, 15) is 4.79 Å². The van der Waals surface area contributed by atoms with Crippen LogP contribution >= 0.6 is 0 Å². The number of ether oxygens (including phenoxy) is 2. The second-order valence-corrected chi connectivity index (χ2v) is 14.2. The van der Waals surface area contributed by atoms with Gasteiger partial charge in [0.15, 0.2) is 0 Å². The molecular weight excluding hydrogens is 685 g/mol. The van der Waals surface area contributed by atoms with Crippen LogP contribution in [0.3, 0.4) is 0 Å². The van der Waals surface area contributed by atoms with E-state index in [1.807, 2.05) is 25.1 Å². The molecule has 0 aliphatic heterocycles. The van der Waals surface area contributed by atoms with Crippen molar-refractivity contribution in [1.29, 1.82) is 0 Å². The van der Waals surface area contributed by atoms with E-state index < -0.39 is 5.97 Å². The lowest BCUT2D eigenvalue weighted by Gasteiger charge is -2.14. The number of rotatable bonds is 13. The highest BCUT2D eigenvalue weighted by atomic mass is 16.5. The molecule has 0 heterocycles. The molecule has 0 atom stereocenters. The highest BCUT2D eigenvalue weighted by molar-refractivity contribution is 5.87. The summed E-state index contributed by atoms with van der Waals surface area (Å²) in [6, 6.07) is 60.0. The van der Waals surface area contributed by atoms with Crippen molar-refractivity contribution >= 4 is 5.97 Å². The maximum Gasteiger partial charge on any atom is 0.333 e. The van der Waals surface area contributed by atoms with Gasteiger partial charge in [0.1, 0.15) is 19.0 Å². The van der Waals surface area contributed by atoms with Gasteiger partial charge in [0.2, 0.25) is 0 Å². The number of hydrogen-bond acceptors (Lipinski definition) is 3. The van der Waals surface area contributed by atoms with Crippen molar-refractivity contribution in [2.24, 2.45) is 0 Å². The molecule has 0 saturated carbocycles. The molecule has 0 radical (unpaired) electrons. The monoisotopic (exact) mass is 728 g/mol. The van der Waals surface area contributed by atoms with Crippen LogP contribution < -0.4 is 0 Å². The van der Waals surface area contributed by atoms with E-state index >= 15 is 0 Å². The molecule has 274 valence electrons. The summed E-state index contributed by atoms with van der Waals surface area (Å²) >= 11 is 0. The van der Waals surface area contributed by atoms with E-state index in [4.69, 9.17) is 9.47 Å². The van der Waals surface area contributed by atoms with E-state index in [-0.39, 0.29) is 6.61 Å². The van der Waals surface area contributed by atoms with E-state index in [0.29, 0.717) is 17.9 Å². The summed E-state index contributed by atoms with van der Waals surface area (Å²) in [4.78, 5) is 12.1. The molecule has 0 unspecified atom stereocenters. The largest absolute Gasteiger partial charge is 0.489 e. The van der Waals surface area contributed by atoms with Gasteiger partial charge in [-0.05, 0) is 140 Å². The molecule has 0 spiro atoms. The topological polar surface area (TPSA) is 35.5 Å². The Morgan fingerprint density at radius 1 is 0.375 bits per heavy atom. The van der Waals surface area contributed by atoms with Gasteiger partial charge in [0.05, 0.1) is 0 Å².